The summed E-state index contributed by atoms with van der Waals surface area (Å²) >= 11 is 0. The molecule has 172 valence electrons. The number of carbonyl (C=O) groups is 2. The summed E-state index contributed by atoms with van der Waals surface area (Å²) in [6, 6.07) is 7.17. The number of para-hydroxylation sites is 1. The van der Waals surface area contributed by atoms with Gasteiger partial charge in [-0.3, -0.25) is 9.59 Å². The molecule has 0 aromatic heterocycles. The van der Waals surface area contributed by atoms with E-state index in [4.69, 9.17) is 5.73 Å². The number of nitrogens with two attached hydrogens (primary N) is 1. The Labute approximate surface area is 187 Å². The van der Waals surface area contributed by atoms with Crippen LogP contribution in [0.4, 0.5) is 5.69 Å². The molecule has 0 radical (unpaired) electrons. The maximum Gasteiger partial charge on any atom is 0.251 e. The van der Waals surface area contributed by atoms with Crippen LogP contribution in [0.1, 0.15) is 37.7 Å². The van der Waals surface area contributed by atoms with E-state index in [0.717, 1.165) is 17.7 Å². The zero-order valence-electron chi connectivity index (χ0n) is 17.4. The number of amides is 2. The number of benzene rings is 1. The van der Waals surface area contributed by atoms with Crippen molar-refractivity contribution in [3.8, 4) is 0 Å². The summed E-state index contributed by atoms with van der Waals surface area (Å²) in [6.45, 7) is 2.85. The van der Waals surface area contributed by atoms with Gasteiger partial charge in [-0.15, -0.1) is 12.4 Å². The first kappa shape index (κ1) is 26.1. The highest BCUT2D eigenvalue weighted by molar-refractivity contribution is 5.95. The largest absolute Gasteiger partial charge is 0.365 e. The molecule has 6 N–H and O–H groups in total. The first-order chi connectivity index (χ1) is 14.3. The fraction of sp³-hybridized carbons (Fsp3) is 0.526. The molecule has 0 bridgehead atoms. The highest BCUT2D eigenvalue weighted by Crippen LogP contribution is 2.15. The highest BCUT2D eigenvalue weighted by atomic mass is 35.5. The predicted molar refractivity (Wildman–Crippen MR) is 120 cm³/mol. The highest BCUT2D eigenvalue weighted by Gasteiger charge is 2.30. The average molecular weight is 456 g/mol. The number of hydrogen-bond acceptors (Lipinski definition) is 6. The van der Waals surface area contributed by atoms with E-state index in [9.17, 15) is 19.7 Å². The van der Waals surface area contributed by atoms with Crippen LogP contribution in [0.3, 0.4) is 0 Å². The van der Waals surface area contributed by atoms with E-state index in [1.807, 2.05) is 31.2 Å². The van der Waals surface area contributed by atoms with Gasteiger partial charge in [0.1, 0.15) is 0 Å². The van der Waals surface area contributed by atoms with Crippen LogP contribution in [0.15, 0.2) is 29.3 Å². The Morgan fingerprint density at radius 2 is 2.03 bits per heavy atom. The summed E-state index contributed by atoms with van der Waals surface area (Å²) in [5, 5.41) is 18.4. The standard InChI is InChI=1S/C19H29N7O4.ClH/c1-13-7-4-5-8-15(13)24-18(28)16-11-14(12-22-16)23-17(27)9-3-2-6-10-21-19(20)25-26(29)30;/h4-5,7-8,14,16,22H,2-3,6,9-12H2,1H3,(H,23,27)(H,24,28)(H3,20,21,25);1H/t14-,16-;/m0./s1. The van der Waals surface area contributed by atoms with Crippen LogP contribution in [0.25, 0.3) is 0 Å². The average Bonchev–Trinajstić information content (AvgIpc) is 3.14. The molecule has 0 unspecified atom stereocenters. The number of nitrogens with one attached hydrogen (secondary N) is 4. The van der Waals surface area contributed by atoms with E-state index >= 15 is 0 Å². The number of hydrazine groups is 1. The second-order valence-corrected chi connectivity index (χ2v) is 7.21. The van der Waals surface area contributed by atoms with Gasteiger partial charge in [0.2, 0.25) is 11.8 Å². The van der Waals surface area contributed by atoms with Gasteiger partial charge in [0.15, 0.2) is 5.03 Å². The molecule has 1 saturated heterocycles. The number of unbranched alkanes of at least 4 members (excludes halogenated alkanes) is 2. The van der Waals surface area contributed by atoms with Crippen molar-refractivity contribution in [2.75, 3.05) is 18.4 Å². The second-order valence-electron chi connectivity index (χ2n) is 7.21. The minimum atomic E-state index is -0.766. The molecule has 1 fully saturated rings. The van der Waals surface area contributed by atoms with Crippen LogP contribution in [0.5, 0.6) is 0 Å². The lowest BCUT2D eigenvalue weighted by atomic mass is 10.1. The number of hydrogen-bond donors (Lipinski definition) is 5. The zero-order valence-corrected chi connectivity index (χ0v) is 18.2. The van der Waals surface area contributed by atoms with Crippen LogP contribution in [0.2, 0.25) is 0 Å². The van der Waals surface area contributed by atoms with Crippen LogP contribution in [0, 0.1) is 17.0 Å². The third kappa shape index (κ3) is 9.62. The van der Waals surface area contributed by atoms with Crippen molar-refractivity contribution >= 4 is 35.9 Å². The topological polar surface area (TPSA) is 164 Å². The van der Waals surface area contributed by atoms with Gasteiger partial charge in [0.05, 0.1) is 6.04 Å². The van der Waals surface area contributed by atoms with Crippen molar-refractivity contribution in [3.63, 3.8) is 0 Å². The third-order valence-electron chi connectivity index (χ3n) is 4.77. The molecule has 1 aliphatic heterocycles. The summed E-state index contributed by atoms with van der Waals surface area (Å²) in [4.78, 5) is 38.5. The number of carbonyl (C=O) groups excluding carboxylic acids is 2. The van der Waals surface area contributed by atoms with Gasteiger partial charge in [0.25, 0.3) is 5.96 Å². The molecule has 2 atom stereocenters. The molecular formula is C19H30ClN7O4. The SMILES string of the molecule is Cc1ccccc1NC(=O)[C@@H]1C[C@H](NC(=O)CCCCCN=C(N)N[N+](=O)[O-])CN1.Cl. The third-order valence-corrected chi connectivity index (χ3v) is 4.77. The maximum atomic E-state index is 12.4. The summed E-state index contributed by atoms with van der Waals surface area (Å²) in [7, 11) is 0. The minimum absolute atomic E-state index is 0. The van der Waals surface area contributed by atoms with E-state index in [1.165, 1.54) is 0 Å². The number of guanidine groups is 1. The van der Waals surface area contributed by atoms with Crippen molar-refractivity contribution in [2.24, 2.45) is 10.7 Å². The maximum absolute atomic E-state index is 12.4. The van der Waals surface area contributed by atoms with Crippen LogP contribution >= 0.6 is 12.4 Å². The lowest BCUT2D eigenvalue weighted by molar-refractivity contribution is -0.525. The van der Waals surface area contributed by atoms with Crippen LogP contribution in [-0.2, 0) is 9.59 Å². The number of nitro groups is 1. The Bertz CT molecular complexity index is 790. The fourth-order valence-electron chi connectivity index (χ4n) is 3.18. The van der Waals surface area contributed by atoms with Crippen molar-refractivity contribution in [2.45, 2.75) is 51.1 Å². The van der Waals surface area contributed by atoms with Crippen molar-refractivity contribution in [3.05, 3.63) is 39.9 Å². The Morgan fingerprint density at radius 1 is 1.29 bits per heavy atom. The summed E-state index contributed by atoms with van der Waals surface area (Å²) in [6.07, 6.45) is 3.04. The Hall–Kier alpha value is -2.92. The van der Waals surface area contributed by atoms with E-state index in [2.05, 4.69) is 20.9 Å². The molecule has 0 aliphatic carbocycles. The first-order valence-electron chi connectivity index (χ1n) is 9.95. The smallest absolute Gasteiger partial charge is 0.251 e. The van der Waals surface area contributed by atoms with Gasteiger partial charge >= 0.3 is 0 Å². The van der Waals surface area contributed by atoms with Gasteiger partial charge in [-0.2, -0.15) is 0 Å². The van der Waals surface area contributed by atoms with Gasteiger partial charge in [-0.1, -0.05) is 30.0 Å². The van der Waals surface area contributed by atoms with E-state index in [-0.39, 0.29) is 42.3 Å². The predicted octanol–water partition coefficient (Wildman–Crippen LogP) is 0.858. The number of nitrogens with zero attached hydrogens (tertiary/aromatic N) is 2. The van der Waals surface area contributed by atoms with Gasteiger partial charge < -0.3 is 21.7 Å². The normalized spacial score (nSPS) is 18.0. The summed E-state index contributed by atoms with van der Waals surface area (Å²) in [5.74, 6) is -0.389. The zero-order chi connectivity index (χ0) is 21.9. The molecule has 31 heavy (non-hydrogen) atoms. The number of halogens is 1. The molecule has 1 heterocycles. The number of anilines is 1. The molecule has 2 rings (SSSR count). The van der Waals surface area contributed by atoms with E-state index in [0.29, 0.717) is 38.8 Å². The summed E-state index contributed by atoms with van der Waals surface area (Å²) < 4.78 is 0. The molecular weight excluding hydrogens is 426 g/mol. The molecule has 0 saturated carbocycles. The Balaban J connectivity index is 0.00000480. The van der Waals surface area contributed by atoms with Crippen molar-refractivity contribution < 1.29 is 14.6 Å². The molecule has 2 amide bonds. The molecule has 1 aromatic rings. The number of aryl methyl sites for hydroxylation is 1. The molecule has 12 heteroatoms. The minimum Gasteiger partial charge on any atom is -0.365 e. The number of rotatable bonds is 10. The fourth-order valence-corrected chi connectivity index (χ4v) is 3.18. The van der Waals surface area contributed by atoms with Gasteiger partial charge in [-0.05, 0) is 37.8 Å². The lowest BCUT2D eigenvalue weighted by Crippen LogP contribution is -2.36. The van der Waals surface area contributed by atoms with Gasteiger partial charge in [-0.25, -0.2) is 15.1 Å². The van der Waals surface area contributed by atoms with Gasteiger partial charge in [0, 0.05) is 31.2 Å². The quantitative estimate of drug-likeness (QED) is 0.115. The number of aliphatic imine (C=N–C) groups is 1. The second kappa shape index (κ2) is 13.4. The van der Waals surface area contributed by atoms with Crippen molar-refractivity contribution in [1.29, 1.82) is 0 Å². The summed E-state index contributed by atoms with van der Waals surface area (Å²) in [5.41, 5.74) is 8.87. The van der Waals surface area contributed by atoms with E-state index < -0.39 is 5.03 Å². The molecule has 1 aromatic carbocycles. The van der Waals surface area contributed by atoms with Crippen molar-refractivity contribution in [1.82, 2.24) is 16.1 Å². The van der Waals surface area contributed by atoms with Crippen LogP contribution < -0.4 is 27.1 Å². The van der Waals surface area contributed by atoms with E-state index in [1.54, 1.807) is 5.43 Å². The Kier molecular flexibility index (Phi) is 11.3. The Morgan fingerprint density at radius 3 is 2.74 bits per heavy atom. The van der Waals surface area contributed by atoms with Crippen LogP contribution in [-0.4, -0.2) is 48.0 Å². The molecule has 1 aliphatic rings. The monoisotopic (exact) mass is 455 g/mol. The molecule has 11 nitrogen and oxygen atoms in total. The first-order valence-corrected chi connectivity index (χ1v) is 9.95. The lowest BCUT2D eigenvalue weighted by Gasteiger charge is -2.14. The molecule has 0 spiro atoms.